The monoisotopic (exact) mass is 456 g/mol. The number of ether oxygens (including phenoxy) is 3. The van der Waals surface area contributed by atoms with Gasteiger partial charge in [0.05, 0.1) is 32.6 Å². The van der Waals surface area contributed by atoms with Gasteiger partial charge >= 0.3 is 0 Å². The van der Waals surface area contributed by atoms with Crippen molar-refractivity contribution in [2.45, 2.75) is 11.3 Å². The molecule has 0 aliphatic heterocycles. The minimum Gasteiger partial charge on any atom is -0.497 e. The molecule has 0 unspecified atom stereocenters. The molecule has 0 aliphatic rings. The Labute approximate surface area is 187 Å². The van der Waals surface area contributed by atoms with Crippen LogP contribution >= 0.6 is 0 Å². The van der Waals surface area contributed by atoms with Crippen LogP contribution in [0.5, 0.6) is 17.2 Å². The van der Waals surface area contributed by atoms with Crippen LogP contribution in [0.1, 0.15) is 5.56 Å². The smallest absolute Gasteiger partial charge is 0.261 e. The van der Waals surface area contributed by atoms with E-state index in [2.05, 4.69) is 10.0 Å². The molecule has 168 valence electrons. The van der Waals surface area contributed by atoms with Crippen LogP contribution < -0.4 is 24.2 Å². The quantitative estimate of drug-likeness (QED) is 0.509. The second-order valence-electron chi connectivity index (χ2n) is 6.77. The van der Waals surface area contributed by atoms with Crippen molar-refractivity contribution in [3.8, 4) is 17.2 Å². The molecule has 0 aromatic heterocycles. The van der Waals surface area contributed by atoms with Crippen molar-refractivity contribution in [1.82, 2.24) is 0 Å². The highest BCUT2D eigenvalue weighted by Crippen LogP contribution is 2.28. The third-order valence-electron chi connectivity index (χ3n) is 4.60. The molecule has 0 radical (unpaired) electrons. The maximum absolute atomic E-state index is 12.6. The molecule has 0 spiro atoms. The van der Waals surface area contributed by atoms with E-state index >= 15 is 0 Å². The van der Waals surface area contributed by atoms with E-state index in [1.807, 2.05) is 0 Å². The number of sulfonamides is 1. The fraction of sp³-hybridized carbons (Fsp3) is 0.174. The standard InChI is InChI=1S/C23H24N2O6S/c1-29-19-9-5-18(6-10-19)25-32(27,28)20-11-7-17(8-12-20)24-23(26)15-16-4-13-21(30-2)22(14-16)31-3/h4-14,25H,15H2,1-3H3,(H,24,26). The SMILES string of the molecule is COc1ccc(NS(=O)(=O)c2ccc(NC(=O)Cc3ccc(OC)c(OC)c3)cc2)cc1. The number of amides is 1. The number of rotatable bonds is 9. The Kier molecular flexibility index (Phi) is 7.21. The first-order valence-electron chi connectivity index (χ1n) is 9.62. The molecule has 0 fully saturated rings. The molecule has 32 heavy (non-hydrogen) atoms. The minimum absolute atomic E-state index is 0.0752. The minimum atomic E-state index is -3.77. The Hall–Kier alpha value is -3.72. The van der Waals surface area contributed by atoms with E-state index in [4.69, 9.17) is 14.2 Å². The maximum Gasteiger partial charge on any atom is 0.261 e. The number of carbonyl (C=O) groups is 1. The van der Waals surface area contributed by atoms with Crippen molar-refractivity contribution >= 4 is 27.3 Å². The molecule has 9 heteroatoms. The summed E-state index contributed by atoms with van der Waals surface area (Å²) in [6.45, 7) is 0. The molecule has 0 bridgehead atoms. The average Bonchev–Trinajstić information content (AvgIpc) is 2.79. The van der Waals surface area contributed by atoms with E-state index in [1.54, 1.807) is 49.6 Å². The molecule has 3 rings (SSSR count). The summed E-state index contributed by atoms with van der Waals surface area (Å²) in [5.41, 5.74) is 1.65. The van der Waals surface area contributed by atoms with Gasteiger partial charge in [-0.25, -0.2) is 8.42 Å². The molecule has 0 aliphatic carbocycles. The summed E-state index contributed by atoms with van der Waals surface area (Å²) < 4.78 is 43.2. The van der Waals surface area contributed by atoms with Crippen molar-refractivity contribution in [3.05, 3.63) is 72.3 Å². The van der Waals surface area contributed by atoms with E-state index in [1.165, 1.54) is 38.5 Å². The lowest BCUT2D eigenvalue weighted by molar-refractivity contribution is -0.115. The third kappa shape index (κ3) is 5.70. The van der Waals surface area contributed by atoms with E-state index in [9.17, 15) is 13.2 Å². The largest absolute Gasteiger partial charge is 0.497 e. The van der Waals surface area contributed by atoms with Gasteiger partial charge in [-0.15, -0.1) is 0 Å². The van der Waals surface area contributed by atoms with Gasteiger partial charge < -0.3 is 19.5 Å². The molecule has 0 atom stereocenters. The summed E-state index contributed by atoms with van der Waals surface area (Å²) in [5, 5.41) is 2.76. The number of benzene rings is 3. The maximum atomic E-state index is 12.6. The fourth-order valence-electron chi connectivity index (χ4n) is 2.97. The zero-order chi connectivity index (χ0) is 23.1. The molecule has 0 saturated carbocycles. The summed E-state index contributed by atoms with van der Waals surface area (Å²) in [6.07, 6.45) is 0.124. The summed E-state index contributed by atoms with van der Waals surface area (Å²) >= 11 is 0. The lowest BCUT2D eigenvalue weighted by Crippen LogP contribution is -2.15. The molecule has 3 aromatic rings. The highest BCUT2D eigenvalue weighted by Gasteiger charge is 2.15. The zero-order valence-electron chi connectivity index (χ0n) is 17.9. The molecular weight excluding hydrogens is 432 g/mol. The van der Waals surface area contributed by atoms with Crippen molar-refractivity contribution in [1.29, 1.82) is 0 Å². The van der Waals surface area contributed by atoms with E-state index in [0.717, 1.165) is 5.56 Å². The lowest BCUT2D eigenvalue weighted by Gasteiger charge is -2.11. The van der Waals surface area contributed by atoms with Gasteiger partial charge in [-0.05, 0) is 66.2 Å². The highest BCUT2D eigenvalue weighted by molar-refractivity contribution is 7.92. The number of hydrogen-bond acceptors (Lipinski definition) is 6. The summed E-state index contributed by atoms with van der Waals surface area (Å²) in [4.78, 5) is 12.5. The Morgan fingerprint density at radius 3 is 2.00 bits per heavy atom. The Bertz CT molecular complexity index is 1180. The Morgan fingerprint density at radius 2 is 1.41 bits per heavy atom. The molecule has 2 N–H and O–H groups in total. The summed E-state index contributed by atoms with van der Waals surface area (Å²) in [5.74, 6) is 1.50. The van der Waals surface area contributed by atoms with Crippen LogP contribution in [0.2, 0.25) is 0 Å². The van der Waals surface area contributed by atoms with Crippen LogP contribution in [0, 0.1) is 0 Å². The van der Waals surface area contributed by atoms with E-state index in [-0.39, 0.29) is 17.2 Å². The molecule has 8 nitrogen and oxygen atoms in total. The zero-order valence-corrected chi connectivity index (χ0v) is 18.7. The van der Waals surface area contributed by atoms with Crippen molar-refractivity contribution in [2.75, 3.05) is 31.4 Å². The molecule has 0 saturated heterocycles. The number of methoxy groups -OCH3 is 3. The van der Waals surface area contributed by atoms with Crippen LogP contribution in [-0.4, -0.2) is 35.7 Å². The summed E-state index contributed by atoms with van der Waals surface area (Å²) in [6, 6.07) is 17.7. The van der Waals surface area contributed by atoms with Gasteiger partial charge in [0, 0.05) is 11.4 Å². The first-order valence-corrected chi connectivity index (χ1v) is 11.1. The average molecular weight is 457 g/mol. The van der Waals surface area contributed by atoms with Crippen LogP contribution in [0.15, 0.2) is 71.6 Å². The van der Waals surface area contributed by atoms with Crippen LogP contribution in [0.4, 0.5) is 11.4 Å². The normalized spacial score (nSPS) is 10.8. The molecule has 3 aromatic carbocycles. The third-order valence-corrected chi connectivity index (χ3v) is 6.00. The first kappa shape index (κ1) is 23.0. The summed E-state index contributed by atoms with van der Waals surface area (Å²) in [7, 11) is 0.836. The molecule has 1 amide bonds. The van der Waals surface area contributed by atoms with Crippen molar-refractivity contribution in [2.24, 2.45) is 0 Å². The second-order valence-corrected chi connectivity index (χ2v) is 8.46. The van der Waals surface area contributed by atoms with E-state index < -0.39 is 10.0 Å². The Balaban J connectivity index is 1.64. The van der Waals surface area contributed by atoms with Gasteiger partial charge in [0.2, 0.25) is 5.91 Å². The van der Waals surface area contributed by atoms with Crippen molar-refractivity contribution in [3.63, 3.8) is 0 Å². The van der Waals surface area contributed by atoms with Gasteiger partial charge in [0.15, 0.2) is 11.5 Å². The Morgan fingerprint density at radius 1 is 0.781 bits per heavy atom. The van der Waals surface area contributed by atoms with Gasteiger partial charge in [-0.1, -0.05) is 6.07 Å². The fourth-order valence-corrected chi connectivity index (χ4v) is 4.03. The molecule has 0 heterocycles. The molecular formula is C23H24N2O6S. The number of hydrogen-bond donors (Lipinski definition) is 2. The van der Waals surface area contributed by atoms with Crippen molar-refractivity contribution < 1.29 is 27.4 Å². The number of nitrogens with one attached hydrogen (secondary N) is 2. The lowest BCUT2D eigenvalue weighted by atomic mass is 10.1. The van der Waals surface area contributed by atoms with Crippen LogP contribution in [0.25, 0.3) is 0 Å². The second kappa shape index (κ2) is 10.1. The predicted octanol–water partition coefficient (Wildman–Crippen LogP) is 3.69. The van der Waals surface area contributed by atoms with Gasteiger partial charge in [0.25, 0.3) is 10.0 Å². The van der Waals surface area contributed by atoms with Gasteiger partial charge in [-0.2, -0.15) is 0 Å². The predicted molar refractivity (Wildman–Crippen MR) is 122 cm³/mol. The highest BCUT2D eigenvalue weighted by atomic mass is 32.2. The number of carbonyl (C=O) groups excluding carboxylic acids is 1. The number of anilines is 2. The topological polar surface area (TPSA) is 103 Å². The van der Waals surface area contributed by atoms with E-state index in [0.29, 0.717) is 28.6 Å². The van der Waals surface area contributed by atoms with Gasteiger partial charge in [-0.3, -0.25) is 9.52 Å². The van der Waals surface area contributed by atoms with Crippen LogP contribution in [-0.2, 0) is 21.2 Å². The first-order chi connectivity index (χ1) is 15.3. The van der Waals surface area contributed by atoms with Gasteiger partial charge in [0.1, 0.15) is 5.75 Å². The van der Waals surface area contributed by atoms with Crippen LogP contribution in [0.3, 0.4) is 0 Å².